The fourth-order valence-electron chi connectivity index (χ4n) is 1.58. The minimum atomic E-state index is -0.0174. The summed E-state index contributed by atoms with van der Waals surface area (Å²) in [5.41, 5.74) is 1.57. The van der Waals surface area contributed by atoms with E-state index in [0.29, 0.717) is 23.3 Å². The second kappa shape index (κ2) is 5.69. The molecule has 92 valence electrons. The third-order valence-electron chi connectivity index (χ3n) is 2.61. The fourth-order valence-corrected chi connectivity index (χ4v) is 2.48. The zero-order valence-electron chi connectivity index (χ0n) is 9.96. The zero-order valence-corrected chi connectivity index (χ0v) is 10.8. The molecule has 0 unspecified atom stereocenters. The van der Waals surface area contributed by atoms with Crippen LogP contribution < -0.4 is 0 Å². The molecule has 1 N–H and O–H groups in total. The van der Waals surface area contributed by atoms with Crippen LogP contribution in [-0.2, 0) is 5.75 Å². The molecule has 0 aliphatic rings. The number of aryl methyl sites for hydroxylation is 1. The Kier molecular flexibility index (Phi) is 3.99. The number of pyridine rings is 1. The van der Waals surface area contributed by atoms with E-state index in [9.17, 15) is 9.90 Å². The second-order valence-electron chi connectivity index (χ2n) is 3.85. The first-order chi connectivity index (χ1) is 8.72. The average Bonchev–Trinajstić information content (AvgIpc) is 2.41. The van der Waals surface area contributed by atoms with Gasteiger partial charge in [0.1, 0.15) is 5.75 Å². The number of benzene rings is 1. The molecule has 2 aromatic rings. The van der Waals surface area contributed by atoms with Crippen LogP contribution in [0.5, 0.6) is 5.75 Å². The molecular formula is C14H13NO2S. The van der Waals surface area contributed by atoms with E-state index in [1.54, 1.807) is 24.9 Å². The van der Waals surface area contributed by atoms with Gasteiger partial charge in [-0.2, -0.15) is 0 Å². The number of nitrogens with zero attached hydrogens (tertiary/aromatic N) is 1. The van der Waals surface area contributed by atoms with Crippen LogP contribution in [0, 0.1) is 6.92 Å². The summed E-state index contributed by atoms with van der Waals surface area (Å²) >= 11 is 1.61. The summed E-state index contributed by atoms with van der Waals surface area (Å²) in [6.45, 7) is 1.68. The predicted octanol–water partition coefficient (Wildman–Crippen LogP) is 3.20. The summed E-state index contributed by atoms with van der Waals surface area (Å²) in [6, 6.07) is 9.90. The van der Waals surface area contributed by atoms with Gasteiger partial charge in [0.2, 0.25) is 0 Å². The molecule has 0 amide bonds. The van der Waals surface area contributed by atoms with Crippen molar-refractivity contribution >= 4 is 18.0 Å². The number of aldehydes is 1. The number of aromatic nitrogens is 1. The van der Waals surface area contributed by atoms with Crippen molar-refractivity contribution in [1.82, 2.24) is 4.98 Å². The van der Waals surface area contributed by atoms with Crippen LogP contribution in [-0.4, -0.2) is 16.4 Å². The van der Waals surface area contributed by atoms with Crippen molar-refractivity contribution in [3.63, 3.8) is 0 Å². The molecule has 0 aliphatic carbocycles. The average molecular weight is 259 g/mol. The van der Waals surface area contributed by atoms with Crippen LogP contribution in [0.3, 0.4) is 0 Å². The topological polar surface area (TPSA) is 50.2 Å². The molecule has 0 saturated carbocycles. The van der Waals surface area contributed by atoms with E-state index < -0.39 is 0 Å². The monoisotopic (exact) mass is 259 g/mol. The summed E-state index contributed by atoms with van der Waals surface area (Å²) in [7, 11) is 0. The van der Waals surface area contributed by atoms with Crippen molar-refractivity contribution < 1.29 is 9.90 Å². The van der Waals surface area contributed by atoms with Crippen LogP contribution >= 0.6 is 11.8 Å². The Bertz CT molecular complexity index is 555. The summed E-state index contributed by atoms with van der Waals surface area (Å²) in [5.74, 6) is 0.593. The minimum absolute atomic E-state index is 0.0174. The van der Waals surface area contributed by atoms with Gasteiger partial charge >= 0.3 is 0 Å². The number of aromatic hydroxyl groups is 1. The molecule has 2 rings (SSSR count). The lowest BCUT2D eigenvalue weighted by molar-refractivity contribution is 0.112. The molecule has 0 aliphatic heterocycles. The third-order valence-corrected chi connectivity index (χ3v) is 3.67. The lowest BCUT2D eigenvalue weighted by Crippen LogP contribution is -1.96. The molecular weight excluding hydrogens is 246 g/mol. The number of carbonyl (C=O) groups excluding carboxylic acids is 1. The maximum Gasteiger partial charge on any atom is 0.154 e. The maximum absolute atomic E-state index is 11.0. The number of hydrogen-bond donors (Lipinski definition) is 1. The normalized spacial score (nSPS) is 10.3. The molecule has 0 bridgehead atoms. The van der Waals surface area contributed by atoms with E-state index in [1.807, 2.05) is 30.3 Å². The van der Waals surface area contributed by atoms with Gasteiger partial charge in [-0.1, -0.05) is 18.2 Å². The molecule has 1 aromatic carbocycles. The van der Waals surface area contributed by atoms with Crippen LogP contribution in [0.4, 0.5) is 0 Å². The van der Waals surface area contributed by atoms with Crippen molar-refractivity contribution in [3.8, 4) is 5.75 Å². The van der Waals surface area contributed by atoms with Crippen LogP contribution in [0.2, 0.25) is 0 Å². The Morgan fingerprint density at radius 2 is 2.06 bits per heavy atom. The lowest BCUT2D eigenvalue weighted by atomic mass is 10.1. The first kappa shape index (κ1) is 12.6. The van der Waals surface area contributed by atoms with Crippen molar-refractivity contribution in [1.29, 1.82) is 0 Å². The highest BCUT2D eigenvalue weighted by atomic mass is 32.2. The molecule has 3 nitrogen and oxygen atoms in total. The third kappa shape index (κ3) is 2.71. The molecule has 1 heterocycles. The standard InChI is InChI=1S/C14H13NO2S/c1-10-14(17)13(8-16)11(7-15-10)9-18-12-5-3-2-4-6-12/h2-8,17H,9H2,1H3. The van der Waals surface area contributed by atoms with E-state index in [1.165, 1.54) is 0 Å². The summed E-state index contributed by atoms with van der Waals surface area (Å²) in [4.78, 5) is 16.2. The predicted molar refractivity (Wildman–Crippen MR) is 72.0 cm³/mol. The Morgan fingerprint density at radius 3 is 2.72 bits per heavy atom. The number of rotatable bonds is 4. The smallest absolute Gasteiger partial charge is 0.154 e. The molecule has 1 aromatic heterocycles. The first-order valence-electron chi connectivity index (χ1n) is 5.53. The van der Waals surface area contributed by atoms with E-state index >= 15 is 0 Å². The van der Waals surface area contributed by atoms with Crippen molar-refractivity contribution in [2.24, 2.45) is 0 Å². The van der Waals surface area contributed by atoms with E-state index in [2.05, 4.69) is 4.98 Å². The van der Waals surface area contributed by atoms with Gasteiger partial charge in [0, 0.05) is 16.8 Å². The molecule has 0 fully saturated rings. The number of carbonyl (C=O) groups is 1. The van der Waals surface area contributed by atoms with Crippen LogP contribution in [0.15, 0.2) is 41.4 Å². The lowest BCUT2D eigenvalue weighted by Gasteiger charge is -2.07. The van der Waals surface area contributed by atoms with Crippen molar-refractivity contribution in [2.45, 2.75) is 17.6 Å². The number of hydrogen-bond acceptors (Lipinski definition) is 4. The molecule has 4 heteroatoms. The van der Waals surface area contributed by atoms with Gasteiger partial charge in [0.25, 0.3) is 0 Å². The van der Waals surface area contributed by atoms with Gasteiger partial charge < -0.3 is 5.11 Å². The van der Waals surface area contributed by atoms with E-state index in [4.69, 9.17) is 0 Å². The fraction of sp³-hybridized carbons (Fsp3) is 0.143. The van der Waals surface area contributed by atoms with Gasteiger partial charge in [-0.25, -0.2) is 0 Å². The van der Waals surface area contributed by atoms with E-state index in [0.717, 1.165) is 10.5 Å². The van der Waals surface area contributed by atoms with E-state index in [-0.39, 0.29) is 5.75 Å². The quantitative estimate of drug-likeness (QED) is 0.676. The second-order valence-corrected chi connectivity index (χ2v) is 4.90. The largest absolute Gasteiger partial charge is 0.505 e. The molecule has 0 spiro atoms. The molecule has 18 heavy (non-hydrogen) atoms. The Morgan fingerprint density at radius 1 is 1.33 bits per heavy atom. The van der Waals surface area contributed by atoms with Gasteiger partial charge in [0.15, 0.2) is 6.29 Å². The summed E-state index contributed by atoms with van der Waals surface area (Å²) in [6.07, 6.45) is 2.33. The van der Waals surface area contributed by atoms with Gasteiger partial charge in [-0.3, -0.25) is 9.78 Å². The highest BCUT2D eigenvalue weighted by Crippen LogP contribution is 2.28. The summed E-state index contributed by atoms with van der Waals surface area (Å²) in [5, 5.41) is 9.77. The Labute approximate surface area is 110 Å². The van der Waals surface area contributed by atoms with Gasteiger partial charge in [-0.05, 0) is 24.6 Å². The minimum Gasteiger partial charge on any atom is -0.505 e. The van der Waals surface area contributed by atoms with Crippen molar-refractivity contribution in [2.75, 3.05) is 0 Å². The zero-order chi connectivity index (χ0) is 13.0. The highest BCUT2D eigenvalue weighted by molar-refractivity contribution is 7.98. The molecule has 0 radical (unpaired) electrons. The SMILES string of the molecule is Cc1ncc(CSc2ccccc2)c(C=O)c1O. The number of thioether (sulfide) groups is 1. The van der Waals surface area contributed by atoms with Gasteiger partial charge in [0.05, 0.1) is 11.3 Å². The van der Waals surface area contributed by atoms with Crippen molar-refractivity contribution in [3.05, 3.63) is 53.3 Å². The van der Waals surface area contributed by atoms with Gasteiger partial charge in [-0.15, -0.1) is 11.8 Å². The Balaban J connectivity index is 2.20. The highest BCUT2D eigenvalue weighted by Gasteiger charge is 2.11. The summed E-state index contributed by atoms with van der Waals surface area (Å²) < 4.78 is 0. The van der Waals surface area contributed by atoms with Crippen LogP contribution in [0.25, 0.3) is 0 Å². The molecule has 0 atom stereocenters. The molecule has 0 saturated heterocycles. The maximum atomic E-state index is 11.0. The Hall–Kier alpha value is -1.81. The van der Waals surface area contributed by atoms with Crippen LogP contribution in [0.1, 0.15) is 21.6 Å². The first-order valence-corrected chi connectivity index (χ1v) is 6.51.